The van der Waals surface area contributed by atoms with Crippen LogP contribution in [0.2, 0.25) is 0 Å². The molecule has 3 heteroatoms. The first-order chi connectivity index (χ1) is 6.95. The van der Waals surface area contributed by atoms with Gasteiger partial charge in [-0.3, -0.25) is 4.90 Å². The number of ether oxygens (including phenoxy) is 1. The predicted molar refractivity (Wildman–Crippen MR) is 59.8 cm³/mol. The Hall–Kier alpha value is -0.120. The molecule has 0 aromatic rings. The lowest BCUT2D eigenvalue weighted by atomic mass is 9.88. The number of hydrogen-bond acceptors (Lipinski definition) is 3. The minimum Gasteiger partial charge on any atom is -0.387 e. The average molecular weight is 213 g/mol. The Morgan fingerprint density at radius 2 is 2.00 bits per heavy atom. The van der Waals surface area contributed by atoms with E-state index in [9.17, 15) is 5.11 Å². The number of rotatable bonds is 5. The summed E-state index contributed by atoms with van der Waals surface area (Å²) in [6, 6.07) is 0. The number of hydrogen-bond donors (Lipinski definition) is 1. The first-order valence-corrected chi connectivity index (χ1v) is 5.95. The van der Waals surface area contributed by atoms with Gasteiger partial charge in [0.05, 0.1) is 11.2 Å². The number of likely N-dealkylation sites (tertiary alicyclic amines) is 1. The molecule has 2 fully saturated rings. The van der Waals surface area contributed by atoms with Gasteiger partial charge < -0.3 is 9.84 Å². The summed E-state index contributed by atoms with van der Waals surface area (Å²) in [4.78, 5) is 2.33. The highest BCUT2D eigenvalue weighted by molar-refractivity contribution is 5.05. The van der Waals surface area contributed by atoms with Gasteiger partial charge in [0.15, 0.2) is 0 Å². The third-order valence-electron chi connectivity index (χ3n) is 3.91. The lowest BCUT2D eigenvalue weighted by molar-refractivity contribution is -0.119. The SMILES string of the molecule is COC(C)(C)CCN1CC(O)(C2CC2)C1. The zero-order valence-electron chi connectivity index (χ0n) is 10.1. The van der Waals surface area contributed by atoms with Crippen molar-refractivity contribution in [1.82, 2.24) is 4.90 Å². The van der Waals surface area contributed by atoms with E-state index in [1.807, 2.05) is 0 Å². The van der Waals surface area contributed by atoms with Crippen LogP contribution >= 0.6 is 0 Å². The summed E-state index contributed by atoms with van der Waals surface area (Å²) in [7, 11) is 1.76. The molecule has 0 amide bonds. The van der Waals surface area contributed by atoms with E-state index in [1.54, 1.807) is 7.11 Å². The van der Waals surface area contributed by atoms with Crippen LogP contribution in [0.1, 0.15) is 33.1 Å². The van der Waals surface area contributed by atoms with Crippen molar-refractivity contribution in [3.05, 3.63) is 0 Å². The summed E-state index contributed by atoms with van der Waals surface area (Å²) in [6.07, 6.45) is 3.49. The molecule has 88 valence electrons. The van der Waals surface area contributed by atoms with Crippen LogP contribution in [0.25, 0.3) is 0 Å². The number of aliphatic hydroxyl groups is 1. The first kappa shape index (κ1) is 11.4. The minimum atomic E-state index is -0.336. The van der Waals surface area contributed by atoms with Crippen molar-refractivity contribution in [2.45, 2.75) is 44.3 Å². The molecule has 1 aliphatic carbocycles. The fraction of sp³-hybridized carbons (Fsp3) is 1.00. The molecule has 0 unspecified atom stereocenters. The quantitative estimate of drug-likeness (QED) is 0.746. The Morgan fingerprint density at radius 3 is 2.47 bits per heavy atom. The van der Waals surface area contributed by atoms with Crippen LogP contribution in [0.3, 0.4) is 0 Å². The standard InChI is InChI=1S/C12H23NO2/c1-11(2,15-3)6-7-13-8-12(14,9-13)10-4-5-10/h10,14H,4-9H2,1-3H3. The maximum atomic E-state index is 10.1. The second-order valence-corrected chi connectivity index (χ2v) is 5.80. The molecule has 0 aromatic heterocycles. The molecule has 0 bridgehead atoms. The van der Waals surface area contributed by atoms with Crippen LogP contribution in [0, 0.1) is 5.92 Å². The molecule has 0 aromatic carbocycles. The van der Waals surface area contributed by atoms with Crippen molar-refractivity contribution in [2.75, 3.05) is 26.7 Å². The lowest BCUT2D eigenvalue weighted by Gasteiger charge is -2.47. The molecule has 2 aliphatic rings. The fourth-order valence-electron chi connectivity index (χ4n) is 2.29. The van der Waals surface area contributed by atoms with Gasteiger partial charge in [-0.1, -0.05) is 0 Å². The first-order valence-electron chi connectivity index (χ1n) is 5.95. The van der Waals surface area contributed by atoms with Crippen molar-refractivity contribution >= 4 is 0 Å². The monoisotopic (exact) mass is 213 g/mol. The van der Waals surface area contributed by atoms with Crippen LogP contribution in [0.4, 0.5) is 0 Å². The summed E-state index contributed by atoms with van der Waals surface area (Å²) in [6.45, 7) is 7.00. The van der Waals surface area contributed by atoms with Crippen LogP contribution in [-0.4, -0.2) is 48.0 Å². The van der Waals surface area contributed by atoms with Gasteiger partial charge in [-0.2, -0.15) is 0 Å². The van der Waals surface area contributed by atoms with Gasteiger partial charge in [0.1, 0.15) is 0 Å². The van der Waals surface area contributed by atoms with E-state index in [4.69, 9.17) is 4.74 Å². The Balaban J connectivity index is 1.67. The zero-order chi connectivity index (χ0) is 11.1. The van der Waals surface area contributed by atoms with Crippen molar-refractivity contribution in [2.24, 2.45) is 5.92 Å². The van der Waals surface area contributed by atoms with Gasteiger partial charge >= 0.3 is 0 Å². The van der Waals surface area contributed by atoms with Gasteiger partial charge in [0.2, 0.25) is 0 Å². The van der Waals surface area contributed by atoms with Crippen LogP contribution in [0.5, 0.6) is 0 Å². The van der Waals surface area contributed by atoms with Crippen molar-refractivity contribution in [3.8, 4) is 0 Å². The van der Waals surface area contributed by atoms with E-state index < -0.39 is 0 Å². The molecule has 0 radical (unpaired) electrons. The van der Waals surface area contributed by atoms with E-state index >= 15 is 0 Å². The normalized spacial score (nSPS) is 26.4. The maximum Gasteiger partial charge on any atom is 0.0928 e. The summed E-state index contributed by atoms with van der Waals surface area (Å²) in [5.74, 6) is 0.601. The molecule has 1 saturated carbocycles. The Labute approximate surface area is 92.4 Å². The Kier molecular flexibility index (Phi) is 2.82. The number of β-amino-alcohol motifs (C(OH)–C–C–N with tert-alkyl or cyclic N) is 1. The van der Waals surface area contributed by atoms with Crippen LogP contribution in [0.15, 0.2) is 0 Å². The largest absolute Gasteiger partial charge is 0.387 e. The third kappa shape index (κ3) is 2.52. The molecule has 1 heterocycles. The molecule has 1 saturated heterocycles. The molecule has 3 nitrogen and oxygen atoms in total. The second-order valence-electron chi connectivity index (χ2n) is 5.80. The van der Waals surface area contributed by atoms with Crippen LogP contribution < -0.4 is 0 Å². The van der Waals surface area contributed by atoms with Gasteiger partial charge in [-0.05, 0) is 39.0 Å². The maximum absolute atomic E-state index is 10.1. The topological polar surface area (TPSA) is 32.7 Å². The summed E-state index contributed by atoms with van der Waals surface area (Å²) in [5.41, 5.74) is -0.371. The molecule has 15 heavy (non-hydrogen) atoms. The zero-order valence-corrected chi connectivity index (χ0v) is 10.1. The van der Waals surface area contributed by atoms with E-state index in [0.29, 0.717) is 5.92 Å². The van der Waals surface area contributed by atoms with E-state index in [0.717, 1.165) is 26.1 Å². The molecular weight excluding hydrogens is 190 g/mol. The average Bonchev–Trinajstić information content (AvgIpc) is 2.94. The van der Waals surface area contributed by atoms with Crippen molar-refractivity contribution < 1.29 is 9.84 Å². The molecule has 1 aliphatic heterocycles. The molecule has 0 atom stereocenters. The lowest BCUT2D eigenvalue weighted by Crippen LogP contribution is -2.63. The van der Waals surface area contributed by atoms with Gasteiger partial charge in [0, 0.05) is 26.7 Å². The highest BCUT2D eigenvalue weighted by Gasteiger charge is 2.51. The molecule has 0 spiro atoms. The second kappa shape index (κ2) is 3.72. The highest BCUT2D eigenvalue weighted by atomic mass is 16.5. The van der Waals surface area contributed by atoms with E-state index in [2.05, 4.69) is 18.7 Å². The third-order valence-corrected chi connectivity index (χ3v) is 3.91. The molecule has 1 N–H and O–H groups in total. The van der Waals surface area contributed by atoms with Crippen LogP contribution in [-0.2, 0) is 4.74 Å². The Bertz CT molecular complexity index is 230. The molecule has 2 rings (SSSR count). The number of nitrogens with zero attached hydrogens (tertiary/aromatic N) is 1. The fourth-order valence-corrected chi connectivity index (χ4v) is 2.29. The van der Waals surface area contributed by atoms with Gasteiger partial charge in [-0.25, -0.2) is 0 Å². The smallest absolute Gasteiger partial charge is 0.0928 e. The summed E-state index contributed by atoms with van der Waals surface area (Å²) >= 11 is 0. The Morgan fingerprint density at radius 1 is 1.40 bits per heavy atom. The highest BCUT2D eigenvalue weighted by Crippen LogP contribution is 2.44. The van der Waals surface area contributed by atoms with Gasteiger partial charge in [0.25, 0.3) is 0 Å². The predicted octanol–water partition coefficient (Wildman–Crippen LogP) is 1.26. The van der Waals surface area contributed by atoms with E-state index in [1.165, 1.54) is 12.8 Å². The molecular formula is C12H23NO2. The summed E-state index contributed by atoms with van der Waals surface area (Å²) in [5, 5.41) is 10.1. The minimum absolute atomic E-state index is 0.0344. The van der Waals surface area contributed by atoms with Crippen molar-refractivity contribution in [3.63, 3.8) is 0 Å². The van der Waals surface area contributed by atoms with Gasteiger partial charge in [-0.15, -0.1) is 0 Å². The number of methoxy groups -OCH3 is 1. The van der Waals surface area contributed by atoms with Crippen molar-refractivity contribution in [1.29, 1.82) is 0 Å². The van der Waals surface area contributed by atoms with E-state index in [-0.39, 0.29) is 11.2 Å². The summed E-state index contributed by atoms with van der Waals surface area (Å²) < 4.78 is 5.38.